The molecule has 1 N–H and O–H groups in total. The summed E-state index contributed by atoms with van der Waals surface area (Å²) in [6.45, 7) is 2.56. The van der Waals surface area contributed by atoms with Gasteiger partial charge in [0.15, 0.2) is 0 Å². The molecule has 0 aromatic heterocycles. The van der Waals surface area contributed by atoms with E-state index in [0.29, 0.717) is 0 Å². The predicted octanol–water partition coefficient (Wildman–Crippen LogP) is 0.255. The van der Waals surface area contributed by atoms with Crippen LogP contribution in [0.4, 0.5) is 0 Å². The molecule has 0 atom stereocenters. The zero-order valence-electron chi connectivity index (χ0n) is 3.53. The zero-order chi connectivity index (χ0) is 6.28. The molecule has 0 amide bonds. The quantitative estimate of drug-likeness (QED) is 0.561. The molecule has 0 spiro atoms. The maximum atomic E-state index is 8.89. The van der Waals surface area contributed by atoms with Crippen molar-refractivity contribution in [1.29, 1.82) is 0 Å². The number of aliphatic carboxylic acids is 1. The molecule has 0 rings (SSSR count). The van der Waals surface area contributed by atoms with E-state index < -0.39 is 36.8 Å². The zero-order valence-corrected chi connectivity index (χ0v) is 7.25. The van der Waals surface area contributed by atoms with Crippen molar-refractivity contribution >= 4 is 79.1 Å². The minimum absolute atomic E-state index is 0. The van der Waals surface area contributed by atoms with Gasteiger partial charge in [-0.3, -0.25) is 4.79 Å². The van der Waals surface area contributed by atoms with Crippen LogP contribution in [0.25, 0.3) is 0 Å². The molecule has 1 radical (unpaired) electrons. The Bertz CT molecular complexity index is 49.3. The summed E-state index contributed by atoms with van der Waals surface area (Å²) >= 11 is -0.931. The van der Waals surface area contributed by atoms with Crippen LogP contribution in [0, 0.1) is 6.92 Å². The molecule has 0 fully saturated rings. The van der Waals surface area contributed by atoms with Crippen LogP contribution >= 0.6 is 12.8 Å². The molecule has 0 saturated carbocycles. The Morgan fingerprint density at radius 2 is 1.62 bits per heavy atom. The van der Waals surface area contributed by atoms with Crippen LogP contribution in [0.1, 0.15) is 0 Å². The SMILES string of the molecule is [CH2]C(=O)O.[Cl][Ca][Cl].[NaH]. The molecule has 8 heavy (non-hydrogen) atoms. The Hall–Kier alpha value is 2.31. The Labute approximate surface area is 94.0 Å². The molecule has 0 unspecified atom stereocenters. The van der Waals surface area contributed by atoms with Gasteiger partial charge in [0.1, 0.15) is 0 Å². The van der Waals surface area contributed by atoms with Gasteiger partial charge in [-0.05, 0) is 0 Å². The summed E-state index contributed by atoms with van der Waals surface area (Å²) < 4.78 is 0. The van der Waals surface area contributed by atoms with Gasteiger partial charge in [-0.25, -0.2) is 0 Å². The summed E-state index contributed by atoms with van der Waals surface area (Å²) in [6, 6.07) is 0. The fourth-order valence-corrected chi connectivity index (χ4v) is 0. The fourth-order valence-electron chi connectivity index (χ4n) is 0. The maximum absolute atomic E-state index is 8.89. The van der Waals surface area contributed by atoms with Crippen LogP contribution in [0.15, 0.2) is 0 Å². The van der Waals surface area contributed by atoms with Crippen molar-refractivity contribution in [2.45, 2.75) is 0 Å². The van der Waals surface area contributed by atoms with Crippen LogP contribution in [0.5, 0.6) is 0 Å². The molecule has 0 aromatic rings. The molecule has 0 bridgehead atoms. The molecule has 0 aliphatic heterocycles. The summed E-state index contributed by atoms with van der Waals surface area (Å²) in [5.41, 5.74) is 0. The molecule has 0 aliphatic carbocycles. The Morgan fingerprint density at radius 1 is 1.62 bits per heavy atom. The average molecular weight is 194 g/mol. The summed E-state index contributed by atoms with van der Waals surface area (Å²) in [5.74, 6) is -1.08. The van der Waals surface area contributed by atoms with Crippen LogP contribution < -0.4 is 0 Å². The van der Waals surface area contributed by atoms with E-state index in [1.54, 1.807) is 0 Å². The molecule has 0 heterocycles. The molecule has 0 saturated heterocycles. The summed E-state index contributed by atoms with van der Waals surface area (Å²) in [4.78, 5) is 8.89. The van der Waals surface area contributed by atoms with Crippen molar-refractivity contribution in [1.82, 2.24) is 0 Å². The average Bonchev–Trinajstić information content (AvgIpc) is 1.33. The van der Waals surface area contributed by atoms with E-state index >= 15 is 0 Å². The van der Waals surface area contributed by atoms with Crippen molar-refractivity contribution in [3.63, 3.8) is 0 Å². The van der Waals surface area contributed by atoms with Gasteiger partial charge >= 0.3 is 79.1 Å². The van der Waals surface area contributed by atoms with E-state index in [1.165, 1.54) is 0 Å². The molecule has 0 aromatic carbocycles. The second-order valence-corrected chi connectivity index (χ2v) is 4.14. The van der Waals surface area contributed by atoms with Gasteiger partial charge in [-0.15, -0.1) is 0 Å². The van der Waals surface area contributed by atoms with Gasteiger partial charge in [0.25, 0.3) is 0 Å². The number of carbonyl (C=O) groups is 1. The Morgan fingerprint density at radius 3 is 1.62 bits per heavy atom. The van der Waals surface area contributed by atoms with E-state index in [9.17, 15) is 0 Å². The van der Waals surface area contributed by atoms with Gasteiger partial charge in [0.2, 0.25) is 0 Å². The first kappa shape index (κ1) is 16.7. The second kappa shape index (κ2) is 16.1. The molecular weight excluding hydrogens is 190 g/mol. The van der Waals surface area contributed by atoms with Gasteiger partial charge < -0.3 is 5.11 Å². The summed E-state index contributed by atoms with van der Waals surface area (Å²) in [6.07, 6.45) is 9.90. The first-order valence-electron chi connectivity index (χ1n) is 1.32. The fraction of sp³-hybridized carbons (Fsp3) is 0. The third-order valence-corrected chi connectivity index (χ3v) is 0. The summed E-state index contributed by atoms with van der Waals surface area (Å²) in [5, 5.41) is 7.31. The number of carboxylic acids is 1. The van der Waals surface area contributed by atoms with Crippen LogP contribution in [-0.2, 0) is 4.79 Å². The molecule has 0 aliphatic rings. The molecule has 41 valence electrons. The van der Waals surface area contributed by atoms with E-state index in [0.717, 1.165) is 0 Å². The third-order valence-electron chi connectivity index (χ3n) is 0. The van der Waals surface area contributed by atoms with Crippen molar-refractivity contribution in [3.05, 3.63) is 6.92 Å². The first-order valence-corrected chi connectivity index (χ1v) is 7.39. The number of carboxylic acid groups (broad SMARTS) is 1. The normalized spacial score (nSPS) is 4.38. The monoisotopic (exact) mass is 193 g/mol. The molecule has 6 heteroatoms. The third kappa shape index (κ3) is 83.2. The van der Waals surface area contributed by atoms with E-state index in [1.807, 2.05) is 0 Å². The Balaban J connectivity index is -0.0000000575. The van der Waals surface area contributed by atoms with E-state index in [2.05, 4.69) is 6.92 Å². The Kier molecular flexibility index (Phi) is 33.8. The minimum atomic E-state index is -1.08. The van der Waals surface area contributed by atoms with E-state index in [4.69, 9.17) is 22.7 Å². The van der Waals surface area contributed by atoms with Crippen LogP contribution in [0.2, 0.25) is 0 Å². The topological polar surface area (TPSA) is 37.3 Å². The van der Waals surface area contributed by atoms with Crippen molar-refractivity contribution in [3.8, 4) is 0 Å². The van der Waals surface area contributed by atoms with Gasteiger partial charge in [-0.2, -0.15) is 0 Å². The van der Waals surface area contributed by atoms with Crippen molar-refractivity contribution < 1.29 is 9.90 Å². The van der Waals surface area contributed by atoms with Crippen molar-refractivity contribution in [2.24, 2.45) is 0 Å². The van der Waals surface area contributed by atoms with Crippen LogP contribution in [-0.4, -0.2) is 71.5 Å². The predicted molar refractivity (Wildman–Crippen MR) is 37.6 cm³/mol. The second-order valence-electron chi connectivity index (χ2n) is 0.495. The van der Waals surface area contributed by atoms with Gasteiger partial charge in [0, 0.05) is 0 Å². The molecule has 2 nitrogen and oxygen atoms in total. The number of rotatable bonds is 0. The molecular formula is C2H4CaCl2NaO2. The number of hydrogen-bond donors (Lipinski definition) is 1. The van der Waals surface area contributed by atoms with Crippen molar-refractivity contribution in [2.75, 3.05) is 0 Å². The summed E-state index contributed by atoms with van der Waals surface area (Å²) in [7, 11) is 0. The van der Waals surface area contributed by atoms with Gasteiger partial charge in [0.05, 0.1) is 6.92 Å². The standard InChI is InChI=1S/C2H3O2.Ca.2ClH.Na.H/c1-2(3)4;;;;;/h1H2,(H,3,4);;2*1H;;/q;+2;;;;/p-2. The van der Waals surface area contributed by atoms with E-state index in [-0.39, 0.29) is 29.6 Å². The number of halogens is 2. The van der Waals surface area contributed by atoms with Crippen LogP contribution in [0.3, 0.4) is 0 Å². The van der Waals surface area contributed by atoms with Gasteiger partial charge in [-0.1, -0.05) is 0 Å². The number of hydrogen-bond acceptors (Lipinski definition) is 1. The first-order chi connectivity index (χ1) is 3.15.